The molecule has 0 saturated carbocycles. The van der Waals surface area contributed by atoms with E-state index in [0.717, 1.165) is 12.8 Å². The molecule has 1 aliphatic rings. The molecule has 0 spiro atoms. The summed E-state index contributed by atoms with van der Waals surface area (Å²) in [5, 5.41) is 2.59. The fourth-order valence-electron chi connectivity index (χ4n) is 2.25. The molecule has 114 valence electrons. The lowest BCUT2D eigenvalue weighted by Crippen LogP contribution is -2.22. The van der Waals surface area contributed by atoms with Crippen molar-refractivity contribution in [1.82, 2.24) is 5.32 Å². The number of unbranched alkanes of at least 4 members (excludes halogenated alkanes) is 6. The predicted octanol–water partition coefficient (Wildman–Crippen LogP) is 3.46. The van der Waals surface area contributed by atoms with Crippen LogP contribution in [0.3, 0.4) is 0 Å². The number of hydrogen-bond donors (Lipinski definition) is 1. The molecular formula is C16H27NO3. The lowest BCUT2D eigenvalue weighted by atomic mass is 10.1. The minimum atomic E-state index is -0.437. The second-order valence-corrected chi connectivity index (χ2v) is 5.35. The van der Waals surface area contributed by atoms with E-state index in [1.165, 1.54) is 38.2 Å². The van der Waals surface area contributed by atoms with Gasteiger partial charge in [0.25, 0.3) is 5.91 Å². The topological polar surface area (TPSA) is 55.4 Å². The van der Waals surface area contributed by atoms with Crippen molar-refractivity contribution in [2.75, 3.05) is 0 Å². The highest BCUT2D eigenvalue weighted by molar-refractivity contribution is 5.92. The average Bonchev–Trinajstić information content (AvgIpc) is 2.77. The van der Waals surface area contributed by atoms with Gasteiger partial charge in [0.05, 0.1) is 0 Å². The van der Waals surface area contributed by atoms with Crippen molar-refractivity contribution in [2.45, 2.75) is 77.7 Å². The Morgan fingerprint density at radius 2 is 1.80 bits per heavy atom. The van der Waals surface area contributed by atoms with Crippen LogP contribution < -0.4 is 5.32 Å². The Kier molecular flexibility index (Phi) is 8.00. The van der Waals surface area contributed by atoms with Gasteiger partial charge in [0, 0.05) is 12.5 Å². The second-order valence-electron chi connectivity index (χ2n) is 5.35. The maximum absolute atomic E-state index is 11.7. The lowest BCUT2D eigenvalue weighted by molar-refractivity contribution is -0.123. The molecule has 0 aromatic carbocycles. The van der Waals surface area contributed by atoms with E-state index in [9.17, 15) is 9.59 Å². The van der Waals surface area contributed by atoms with Crippen molar-refractivity contribution in [3.05, 3.63) is 12.0 Å². The van der Waals surface area contributed by atoms with Crippen LogP contribution in [0.4, 0.5) is 0 Å². The van der Waals surface area contributed by atoms with Gasteiger partial charge < -0.3 is 4.74 Å². The summed E-state index contributed by atoms with van der Waals surface area (Å²) in [4.78, 5) is 23.1. The van der Waals surface area contributed by atoms with Crippen LogP contribution in [-0.2, 0) is 14.3 Å². The maximum atomic E-state index is 11.7. The molecule has 0 aromatic heterocycles. The number of ketones is 1. The molecule has 0 aromatic rings. The van der Waals surface area contributed by atoms with Gasteiger partial charge in [-0.05, 0) is 12.8 Å². The monoisotopic (exact) mass is 281 g/mol. The molecule has 1 rings (SSSR count). The third-order valence-electron chi connectivity index (χ3n) is 3.50. The lowest BCUT2D eigenvalue weighted by Gasteiger charge is -2.02. The third-order valence-corrected chi connectivity index (χ3v) is 3.50. The predicted molar refractivity (Wildman–Crippen MR) is 79.0 cm³/mol. The average molecular weight is 281 g/mol. The first-order chi connectivity index (χ1) is 9.67. The normalized spacial score (nSPS) is 20.0. The summed E-state index contributed by atoms with van der Waals surface area (Å²) >= 11 is 0. The van der Waals surface area contributed by atoms with Crippen LogP contribution in [0, 0.1) is 0 Å². The summed E-state index contributed by atoms with van der Waals surface area (Å²) < 4.78 is 5.34. The highest BCUT2D eigenvalue weighted by Crippen LogP contribution is 2.14. The fraction of sp³-hybridized carbons (Fsp3) is 0.750. The van der Waals surface area contributed by atoms with E-state index in [4.69, 9.17) is 4.74 Å². The Morgan fingerprint density at radius 3 is 2.40 bits per heavy atom. The van der Waals surface area contributed by atoms with Gasteiger partial charge in [-0.2, -0.15) is 0 Å². The summed E-state index contributed by atoms with van der Waals surface area (Å²) in [6.45, 7) is 4.09. The fourth-order valence-corrected chi connectivity index (χ4v) is 2.25. The van der Waals surface area contributed by atoms with E-state index in [1.54, 1.807) is 0 Å². The number of rotatable bonds is 10. The van der Waals surface area contributed by atoms with Gasteiger partial charge in [0.1, 0.15) is 0 Å². The first kappa shape index (κ1) is 16.7. The number of carbonyl (C=O) groups is 2. The van der Waals surface area contributed by atoms with Gasteiger partial charge in [-0.15, -0.1) is 0 Å². The standard InChI is InChI=1S/C16H27NO3/c1-3-5-6-7-8-9-10-11-13(18)12-15-17-16(19)14(4-2)20-15/h12,14H,3-11H2,1-2H3,(H,17,19)/b15-12+/t14-/m0/s1. The SMILES string of the molecule is CCCCCCCCCC(=O)/C=C1\NC(=O)[C@H](CC)O1. The van der Waals surface area contributed by atoms with E-state index >= 15 is 0 Å². The molecule has 4 nitrogen and oxygen atoms in total. The van der Waals surface area contributed by atoms with Crippen molar-refractivity contribution in [3.63, 3.8) is 0 Å². The molecule has 1 atom stereocenters. The quantitative estimate of drug-likeness (QED) is 0.493. The molecule has 0 unspecified atom stereocenters. The number of carbonyl (C=O) groups excluding carboxylic acids is 2. The summed E-state index contributed by atoms with van der Waals surface area (Å²) in [6, 6.07) is 0. The van der Waals surface area contributed by atoms with Crippen LogP contribution in [0.25, 0.3) is 0 Å². The van der Waals surface area contributed by atoms with E-state index in [-0.39, 0.29) is 11.7 Å². The molecule has 1 saturated heterocycles. The second kappa shape index (κ2) is 9.56. The van der Waals surface area contributed by atoms with E-state index in [0.29, 0.717) is 18.7 Å². The van der Waals surface area contributed by atoms with Gasteiger partial charge in [0.2, 0.25) is 0 Å². The number of ether oxygens (including phenoxy) is 1. The van der Waals surface area contributed by atoms with E-state index < -0.39 is 6.10 Å². The van der Waals surface area contributed by atoms with Gasteiger partial charge in [-0.1, -0.05) is 52.4 Å². The summed E-state index contributed by atoms with van der Waals surface area (Å²) in [6.07, 6.45) is 10.5. The highest BCUT2D eigenvalue weighted by atomic mass is 16.5. The van der Waals surface area contributed by atoms with Crippen LogP contribution in [0.5, 0.6) is 0 Å². The molecular weight excluding hydrogens is 254 g/mol. The smallest absolute Gasteiger partial charge is 0.267 e. The molecule has 1 aliphatic heterocycles. The van der Waals surface area contributed by atoms with Crippen LogP contribution in [0.2, 0.25) is 0 Å². The van der Waals surface area contributed by atoms with Crippen LogP contribution in [-0.4, -0.2) is 17.8 Å². The minimum absolute atomic E-state index is 0.0330. The Bertz CT molecular complexity index is 350. The van der Waals surface area contributed by atoms with Gasteiger partial charge in [-0.3, -0.25) is 14.9 Å². The highest BCUT2D eigenvalue weighted by Gasteiger charge is 2.27. The zero-order valence-corrected chi connectivity index (χ0v) is 12.7. The van der Waals surface area contributed by atoms with Crippen molar-refractivity contribution in [2.24, 2.45) is 0 Å². The molecule has 1 heterocycles. The molecule has 0 radical (unpaired) electrons. The first-order valence-electron chi connectivity index (χ1n) is 7.89. The van der Waals surface area contributed by atoms with Crippen molar-refractivity contribution >= 4 is 11.7 Å². The van der Waals surface area contributed by atoms with E-state index in [1.807, 2.05) is 6.92 Å². The summed E-state index contributed by atoms with van der Waals surface area (Å²) in [7, 11) is 0. The Labute approximate surface area is 122 Å². The molecule has 0 bridgehead atoms. The minimum Gasteiger partial charge on any atom is -0.465 e. The Balaban J connectivity index is 2.13. The molecule has 1 amide bonds. The summed E-state index contributed by atoms with van der Waals surface area (Å²) in [5.41, 5.74) is 0. The van der Waals surface area contributed by atoms with Crippen LogP contribution >= 0.6 is 0 Å². The molecule has 0 aliphatic carbocycles. The zero-order chi connectivity index (χ0) is 14.8. The van der Waals surface area contributed by atoms with Crippen LogP contribution in [0.15, 0.2) is 12.0 Å². The van der Waals surface area contributed by atoms with Gasteiger partial charge in [-0.25, -0.2) is 0 Å². The van der Waals surface area contributed by atoms with Gasteiger partial charge in [0.15, 0.2) is 17.8 Å². The van der Waals surface area contributed by atoms with Crippen molar-refractivity contribution in [3.8, 4) is 0 Å². The molecule has 4 heteroatoms. The Hall–Kier alpha value is -1.32. The largest absolute Gasteiger partial charge is 0.465 e. The molecule has 1 fully saturated rings. The first-order valence-corrected chi connectivity index (χ1v) is 7.89. The summed E-state index contributed by atoms with van der Waals surface area (Å²) in [5.74, 6) is 0.197. The van der Waals surface area contributed by atoms with Gasteiger partial charge >= 0.3 is 0 Å². The number of allylic oxidation sites excluding steroid dienone is 1. The molecule has 20 heavy (non-hydrogen) atoms. The van der Waals surface area contributed by atoms with Crippen molar-refractivity contribution < 1.29 is 14.3 Å². The number of amides is 1. The third kappa shape index (κ3) is 6.22. The van der Waals surface area contributed by atoms with Crippen LogP contribution in [0.1, 0.15) is 71.6 Å². The zero-order valence-electron chi connectivity index (χ0n) is 12.7. The number of nitrogens with one attached hydrogen (secondary N) is 1. The number of hydrogen-bond acceptors (Lipinski definition) is 3. The molecule has 1 N–H and O–H groups in total. The van der Waals surface area contributed by atoms with Crippen molar-refractivity contribution in [1.29, 1.82) is 0 Å². The Morgan fingerprint density at radius 1 is 1.15 bits per heavy atom. The maximum Gasteiger partial charge on any atom is 0.267 e. The van der Waals surface area contributed by atoms with E-state index in [2.05, 4.69) is 12.2 Å².